The summed E-state index contributed by atoms with van der Waals surface area (Å²) in [5.74, 6) is -1.74. The van der Waals surface area contributed by atoms with Gasteiger partial charge < -0.3 is 5.11 Å². The Morgan fingerprint density at radius 3 is 2.38 bits per heavy atom. The number of aromatic carboxylic acids is 1. The highest BCUT2D eigenvalue weighted by molar-refractivity contribution is 6.36. The highest BCUT2D eigenvalue weighted by atomic mass is 35.5. The predicted octanol–water partition coefficient (Wildman–Crippen LogP) is 4.77. The summed E-state index contributed by atoms with van der Waals surface area (Å²) in [6, 6.07) is 4.61. The number of pyridine rings is 1. The number of alkyl halides is 3. The SMILES string of the molecule is O=C(O)c1c(C(F)(F)F)ccnc1-c1ccc(Cl)cc1Cl. The van der Waals surface area contributed by atoms with Gasteiger partial charge in [0.1, 0.15) is 0 Å². The third-order valence-electron chi connectivity index (χ3n) is 2.66. The molecule has 8 heteroatoms. The number of hydrogen-bond donors (Lipinski definition) is 1. The molecule has 0 radical (unpaired) electrons. The second kappa shape index (κ2) is 5.54. The maximum Gasteiger partial charge on any atom is 0.417 e. The van der Waals surface area contributed by atoms with E-state index in [2.05, 4.69) is 4.98 Å². The van der Waals surface area contributed by atoms with Crippen molar-refractivity contribution in [3.05, 3.63) is 51.6 Å². The molecule has 0 aliphatic rings. The number of aromatic nitrogens is 1. The maximum atomic E-state index is 12.9. The second-order valence-corrected chi connectivity index (χ2v) is 4.85. The molecule has 1 N–H and O–H groups in total. The van der Waals surface area contributed by atoms with Crippen LogP contribution in [-0.4, -0.2) is 16.1 Å². The molecule has 2 rings (SSSR count). The van der Waals surface area contributed by atoms with Crippen LogP contribution in [0.2, 0.25) is 10.0 Å². The van der Waals surface area contributed by atoms with Crippen LogP contribution in [0.5, 0.6) is 0 Å². The molecular formula is C13H6Cl2F3NO2. The second-order valence-electron chi connectivity index (χ2n) is 4.01. The van der Waals surface area contributed by atoms with Crippen molar-refractivity contribution in [1.82, 2.24) is 4.98 Å². The zero-order valence-electron chi connectivity index (χ0n) is 10.1. The van der Waals surface area contributed by atoms with E-state index in [1.807, 2.05) is 0 Å². The molecule has 0 saturated carbocycles. The molecule has 0 fully saturated rings. The van der Waals surface area contributed by atoms with Gasteiger partial charge in [0, 0.05) is 16.8 Å². The van der Waals surface area contributed by atoms with Crippen molar-refractivity contribution in [2.24, 2.45) is 0 Å². The summed E-state index contributed by atoms with van der Waals surface area (Å²) in [7, 11) is 0. The van der Waals surface area contributed by atoms with Crippen LogP contribution < -0.4 is 0 Å². The molecular weight excluding hydrogens is 330 g/mol. The first kappa shape index (κ1) is 15.6. The summed E-state index contributed by atoms with van der Waals surface area (Å²) < 4.78 is 38.8. The van der Waals surface area contributed by atoms with Crippen molar-refractivity contribution in [2.75, 3.05) is 0 Å². The van der Waals surface area contributed by atoms with Gasteiger partial charge in [-0.15, -0.1) is 0 Å². The number of halogens is 5. The fraction of sp³-hybridized carbons (Fsp3) is 0.0769. The summed E-state index contributed by atoms with van der Waals surface area (Å²) >= 11 is 11.6. The average Bonchev–Trinajstić information content (AvgIpc) is 2.36. The van der Waals surface area contributed by atoms with E-state index in [-0.39, 0.29) is 21.3 Å². The maximum absolute atomic E-state index is 12.9. The van der Waals surface area contributed by atoms with Crippen LogP contribution in [0, 0.1) is 0 Å². The lowest BCUT2D eigenvalue weighted by atomic mass is 10.0. The van der Waals surface area contributed by atoms with E-state index in [0.717, 1.165) is 6.20 Å². The summed E-state index contributed by atoms with van der Waals surface area (Å²) in [5.41, 5.74) is -2.54. The molecule has 0 amide bonds. The third-order valence-corrected chi connectivity index (χ3v) is 3.20. The van der Waals surface area contributed by atoms with Crippen LogP contribution in [0.25, 0.3) is 11.3 Å². The lowest BCUT2D eigenvalue weighted by molar-refractivity contribution is -0.138. The molecule has 0 spiro atoms. The number of nitrogens with zero attached hydrogens (tertiary/aromatic N) is 1. The van der Waals surface area contributed by atoms with E-state index < -0.39 is 23.3 Å². The van der Waals surface area contributed by atoms with Gasteiger partial charge in [-0.1, -0.05) is 23.2 Å². The standard InChI is InChI=1S/C13H6Cl2F3NO2/c14-6-1-2-7(9(15)5-6)11-10(12(20)21)8(3-4-19-11)13(16,17)18/h1-5H,(H,20,21). The molecule has 1 aromatic heterocycles. The Morgan fingerprint density at radius 2 is 1.86 bits per heavy atom. The Labute approximate surface area is 126 Å². The Morgan fingerprint density at radius 1 is 1.19 bits per heavy atom. The molecule has 3 nitrogen and oxygen atoms in total. The van der Waals surface area contributed by atoms with Gasteiger partial charge in [0.15, 0.2) is 0 Å². The first-order valence-electron chi connectivity index (χ1n) is 5.46. The van der Waals surface area contributed by atoms with Crippen molar-refractivity contribution in [3.8, 4) is 11.3 Å². The quantitative estimate of drug-likeness (QED) is 0.859. The Bertz CT molecular complexity index is 717. The van der Waals surface area contributed by atoms with Crippen LogP contribution in [-0.2, 0) is 6.18 Å². The van der Waals surface area contributed by atoms with Gasteiger partial charge in [-0.25, -0.2) is 4.79 Å². The van der Waals surface area contributed by atoms with Gasteiger partial charge in [0.2, 0.25) is 0 Å². The third kappa shape index (κ3) is 3.11. The average molecular weight is 336 g/mol. The van der Waals surface area contributed by atoms with E-state index in [1.165, 1.54) is 18.2 Å². The summed E-state index contributed by atoms with van der Waals surface area (Å²) in [4.78, 5) is 15.0. The first-order chi connectivity index (χ1) is 9.71. The molecule has 0 atom stereocenters. The van der Waals surface area contributed by atoms with Crippen molar-refractivity contribution in [2.45, 2.75) is 6.18 Å². The van der Waals surface area contributed by atoms with Gasteiger partial charge in [0.25, 0.3) is 0 Å². The van der Waals surface area contributed by atoms with Crippen LogP contribution >= 0.6 is 23.2 Å². The van der Waals surface area contributed by atoms with E-state index >= 15 is 0 Å². The molecule has 110 valence electrons. The van der Waals surface area contributed by atoms with E-state index in [0.29, 0.717) is 6.07 Å². The van der Waals surface area contributed by atoms with Crippen molar-refractivity contribution in [3.63, 3.8) is 0 Å². The van der Waals surface area contributed by atoms with Gasteiger partial charge in [0.05, 0.1) is 21.8 Å². The van der Waals surface area contributed by atoms with Crippen molar-refractivity contribution in [1.29, 1.82) is 0 Å². The lowest BCUT2D eigenvalue weighted by Gasteiger charge is -2.14. The van der Waals surface area contributed by atoms with Crippen LogP contribution in [0.4, 0.5) is 13.2 Å². The first-order valence-corrected chi connectivity index (χ1v) is 6.22. The Kier molecular flexibility index (Phi) is 4.11. The summed E-state index contributed by atoms with van der Waals surface area (Å²) in [6.45, 7) is 0. The van der Waals surface area contributed by atoms with Crippen molar-refractivity contribution >= 4 is 29.2 Å². The summed E-state index contributed by atoms with van der Waals surface area (Å²) in [6.07, 6.45) is -3.93. The minimum Gasteiger partial charge on any atom is -0.478 e. The monoisotopic (exact) mass is 335 g/mol. The zero-order valence-corrected chi connectivity index (χ0v) is 11.6. The topological polar surface area (TPSA) is 50.2 Å². The molecule has 0 bridgehead atoms. The largest absolute Gasteiger partial charge is 0.478 e. The molecule has 0 aliphatic heterocycles. The highest BCUT2D eigenvalue weighted by Gasteiger charge is 2.37. The van der Waals surface area contributed by atoms with Crippen LogP contribution in [0.15, 0.2) is 30.5 Å². The van der Waals surface area contributed by atoms with E-state index in [9.17, 15) is 18.0 Å². The van der Waals surface area contributed by atoms with Crippen molar-refractivity contribution < 1.29 is 23.1 Å². The Balaban J connectivity index is 2.78. The zero-order chi connectivity index (χ0) is 15.8. The van der Waals surface area contributed by atoms with Gasteiger partial charge in [-0.2, -0.15) is 13.2 Å². The lowest BCUT2D eigenvalue weighted by Crippen LogP contribution is -2.15. The van der Waals surface area contributed by atoms with Crippen LogP contribution in [0.3, 0.4) is 0 Å². The van der Waals surface area contributed by atoms with Crippen LogP contribution in [0.1, 0.15) is 15.9 Å². The number of carboxylic acid groups (broad SMARTS) is 1. The molecule has 1 heterocycles. The number of rotatable bonds is 2. The fourth-order valence-corrected chi connectivity index (χ4v) is 2.30. The smallest absolute Gasteiger partial charge is 0.417 e. The molecule has 0 saturated heterocycles. The fourth-order valence-electron chi connectivity index (χ4n) is 1.80. The number of benzene rings is 1. The molecule has 0 unspecified atom stereocenters. The number of hydrogen-bond acceptors (Lipinski definition) is 2. The van der Waals surface area contributed by atoms with E-state index in [4.69, 9.17) is 28.3 Å². The Hall–Kier alpha value is -1.79. The minimum atomic E-state index is -4.82. The molecule has 1 aromatic carbocycles. The van der Waals surface area contributed by atoms with E-state index in [1.54, 1.807) is 0 Å². The molecule has 0 aliphatic carbocycles. The normalized spacial score (nSPS) is 11.5. The molecule has 21 heavy (non-hydrogen) atoms. The highest BCUT2D eigenvalue weighted by Crippen LogP contribution is 2.38. The van der Waals surface area contributed by atoms with Gasteiger partial charge in [-0.3, -0.25) is 4.98 Å². The van der Waals surface area contributed by atoms with Gasteiger partial charge in [-0.05, 0) is 24.3 Å². The minimum absolute atomic E-state index is 0.0109. The predicted molar refractivity (Wildman–Crippen MR) is 71.7 cm³/mol. The number of carbonyl (C=O) groups is 1. The summed E-state index contributed by atoms with van der Waals surface area (Å²) in [5, 5.41) is 9.39. The molecule has 2 aromatic rings. The van der Waals surface area contributed by atoms with Gasteiger partial charge >= 0.3 is 12.1 Å². The number of carboxylic acids is 1.